The topological polar surface area (TPSA) is 0 Å². The van der Waals surface area contributed by atoms with Crippen LogP contribution in [0.4, 0.5) is 0 Å². The van der Waals surface area contributed by atoms with Crippen LogP contribution in [0.25, 0.3) is 0 Å². The number of thioether (sulfide) groups is 1. The third-order valence-electron chi connectivity index (χ3n) is 5.69. The summed E-state index contributed by atoms with van der Waals surface area (Å²) in [5, 5.41) is 2.48. The van der Waals surface area contributed by atoms with E-state index in [1.807, 2.05) is 0 Å². The Morgan fingerprint density at radius 1 is 0.652 bits per heavy atom. The average Bonchev–Trinajstić information content (AvgIpc) is 2.55. The maximum absolute atomic E-state index is 4.88. The summed E-state index contributed by atoms with van der Waals surface area (Å²) in [6.07, 6.45) is 13.0. The van der Waals surface area contributed by atoms with E-state index in [9.17, 15) is 0 Å². The third kappa shape index (κ3) is 7.88. The van der Waals surface area contributed by atoms with Crippen LogP contribution in [0.15, 0.2) is 0 Å². The molecule has 0 saturated heterocycles. The van der Waals surface area contributed by atoms with Crippen LogP contribution in [0.1, 0.15) is 64.2 Å². The van der Waals surface area contributed by atoms with Crippen LogP contribution in [-0.4, -0.2) is 32.5 Å². The number of hydrogen-bond acceptors (Lipinski definition) is 5. The molecule has 23 heavy (non-hydrogen) atoms. The molecule has 0 aromatic carbocycles. The second-order valence-corrected chi connectivity index (χ2v) is 11.5. The van der Waals surface area contributed by atoms with Crippen molar-refractivity contribution in [2.75, 3.05) is 11.5 Å². The van der Waals surface area contributed by atoms with Gasteiger partial charge >= 0.3 is 0 Å². The Morgan fingerprint density at radius 2 is 1.00 bits per heavy atom. The lowest BCUT2D eigenvalue weighted by Gasteiger charge is -2.30. The van der Waals surface area contributed by atoms with E-state index in [-0.39, 0.29) is 0 Å². The number of thiol groups is 4. The Bertz CT molecular complexity index is 279. The standard InChI is InChI=1S/C18H34S5/c19-15-5-1-13(2-6-15)17(21)9-11-23-12-10-18(22)14-3-7-16(20)8-4-14/h13-22H,1-12H2. The van der Waals surface area contributed by atoms with Gasteiger partial charge in [0.2, 0.25) is 0 Å². The monoisotopic (exact) mass is 410 g/mol. The summed E-state index contributed by atoms with van der Waals surface area (Å²) < 4.78 is 0. The zero-order valence-electron chi connectivity index (χ0n) is 14.1. The Labute approximate surface area is 170 Å². The van der Waals surface area contributed by atoms with Gasteiger partial charge in [0.25, 0.3) is 0 Å². The largest absolute Gasteiger partial charge is 0.176 e. The van der Waals surface area contributed by atoms with E-state index < -0.39 is 0 Å². The van der Waals surface area contributed by atoms with E-state index in [1.165, 1.54) is 75.7 Å². The van der Waals surface area contributed by atoms with Gasteiger partial charge in [-0.3, -0.25) is 0 Å². The van der Waals surface area contributed by atoms with Gasteiger partial charge in [0, 0.05) is 21.0 Å². The fraction of sp³-hybridized carbons (Fsp3) is 1.00. The van der Waals surface area contributed by atoms with Crippen molar-refractivity contribution in [3.05, 3.63) is 0 Å². The molecule has 2 aliphatic rings. The molecule has 0 spiro atoms. The van der Waals surface area contributed by atoms with Crippen LogP contribution in [0, 0.1) is 11.8 Å². The molecule has 136 valence electrons. The Morgan fingerprint density at radius 3 is 1.35 bits per heavy atom. The molecule has 0 aromatic heterocycles. The smallest absolute Gasteiger partial charge is 0.00529 e. The predicted octanol–water partition coefficient (Wildman–Crippen LogP) is 6.07. The minimum Gasteiger partial charge on any atom is -0.176 e. The van der Waals surface area contributed by atoms with Crippen molar-refractivity contribution in [3.8, 4) is 0 Å². The summed E-state index contributed by atoms with van der Waals surface area (Å²) in [7, 11) is 0. The maximum Gasteiger partial charge on any atom is 0.00529 e. The van der Waals surface area contributed by atoms with Crippen molar-refractivity contribution in [2.45, 2.75) is 85.2 Å². The van der Waals surface area contributed by atoms with Crippen molar-refractivity contribution < 1.29 is 0 Å². The highest BCUT2D eigenvalue weighted by atomic mass is 32.2. The van der Waals surface area contributed by atoms with Crippen LogP contribution in [0.3, 0.4) is 0 Å². The summed E-state index contributed by atoms with van der Waals surface area (Å²) in [4.78, 5) is 0. The van der Waals surface area contributed by atoms with Gasteiger partial charge in [-0.15, -0.1) is 0 Å². The molecule has 0 aromatic rings. The molecule has 0 aliphatic heterocycles. The van der Waals surface area contributed by atoms with Crippen molar-refractivity contribution in [3.63, 3.8) is 0 Å². The SMILES string of the molecule is SC1CCC(C(S)CCSCCC(S)C2CCC(S)CC2)CC1. The first-order valence-electron chi connectivity index (χ1n) is 9.36. The first-order chi connectivity index (χ1) is 11.1. The molecule has 2 aliphatic carbocycles. The summed E-state index contributed by atoms with van der Waals surface area (Å²) in [5.74, 6) is 4.19. The second kappa shape index (κ2) is 11.5. The molecule has 0 bridgehead atoms. The van der Waals surface area contributed by atoms with Crippen LogP contribution in [0.5, 0.6) is 0 Å². The van der Waals surface area contributed by atoms with Gasteiger partial charge in [0.05, 0.1) is 0 Å². The van der Waals surface area contributed by atoms with E-state index in [1.54, 1.807) is 0 Å². The van der Waals surface area contributed by atoms with Crippen molar-refractivity contribution in [1.82, 2.24) is 0 Å². The molecule has 0 heterocycles. The fourth-order valence-electron chi connectivity index (χ4n) is 3.95. The molecule has 2 rings (SSSR count). The van der Waals surface area contributed by atoms with Crippen molar-refractivity contribution in [2.24, 2.45) is 11.8 Å². The Balaban J connectivity index is 1.50. The lowest BCUT2D eigenvalue weighted by atomic mass is 9.85. The average molecular weight is 411 g/mol. The zero-order chi connectivity index (χ0) is 16.7. The number of rotatable bonds is 8. The summed E-state index contributed by atoms with van der Waals surface area (Å²) in [5.41, 5.74) is 0. The molecule has 2 unspecified atom stereocenters. The summed E-state index contributed by atoms with van der Waals surface area (Å²) in [6.45, 7) is 0. The Hall–Kier alpha value is 1.75. The first kappa shape index (κ1) is 21.1. The third-order valence-corrected chi connectivity index (χ3v) is 9.13. The minimum atomic E-state index is 0.598. The van der Waals surface area contributed by atoms with E-state index in [0.717, 1.165) is 11.8 Å². The Kier molecular flexibility index (Phi) is 10.5. The molecule has 0 amide bonds. The normalized spacial score (nSPS) is 35.0. The van der Waals surface area contributed by atoms with Crippen LogP contribution in [-0.2, 0) is 0 Å². The molecular formula is C18H34S5. The molecule has 0 radical (unpaired) electrons. The van der Waals surface area contributed by atoms with Gasteiger partial charge in [-0.1, -0.05) is 0 Å². The summed E-state index contributed by atoms with van der Waals surface area (Å²) in [6, 6.07) is 0. The first-order valence-corrected chi connectivity index (χ1v) is 12.6. The van der Waals surface area contributed by atoms with Gasteiger partial charge in [-0.25, -0.2) is 0 Å². The molecule has 0 nitrogen and oxygen atoms in total. The van der Waals surface area contributed by atoms with Gasteiger partial charge in [-0.2, -0.15) is 62.3 Å². The zero-order valence-corrected chi connectivity index (χ0v) is 18.5. The highest BCUT2D eigenvalue weighted by Gasteiger charge is 2.25. The van der Waals surface area contributed by atoms with E-state index in [0.29, 0.717) is 21.0 Å². The molecule has 5 heteroatoms. The van der Waals surface area contributed by atoms with Crippen molar-refractivity contribution in [1.29, 1.82) is 0 Å². The van der Waals surface area contributed by atoms with Crippen LogP contribution >= 0.6 is 62.3 Å². The molecular weight excluding hydrogens is 377 g/mol. The molecule has 2 saturated carbocycles. The predicted molar refractivity (Wildman–Crippen MR) is 122 cm³/mol. The highest BCUT2D eigenvalue weighted by Crippen LogP contribution is 2.35. The highest BCUT2D eigenvalue weighted by molar-refractivity contribution is 7.99. The number of hydrogen-bond donors (Lipinski definition) is 4. The van der Waals surface area contributed by atoms with E-state index in [4.69, 9.17) is 25.3 Å². The lowest BCUT2D eigenvalue weighted by Crippen LogP contribution is -2.23. The second-order valence-electron chi connectivity index (χ2n) is 7.46. The molecule has 2 fully saturated rings. The quantitative estimate of drug-likeness (QED) is 0.278. The lowest BCUT2D eigenvalue weighted by molar-refractivity contribution is 0.353. The van der Waals surface area contributed by atoms with Gasteiger partial charge < -0.3 is 0 Å². The van der Waals surface area contributed by atoms with Crippen LogP contribution in [0.2, 0.25) is 0 Å². The minimum absolute atomic E-state index is 0.598. The molecule has 0 N–H and O–H groups in total. The maximum atomic E-state index is 4.88. The van der Waals surface area contributed by atoms with Crippen molar-refractivity contribution >= 4 is 62.3 Å². The van der Waals surface area contributed by atoms with Gasteiger partial charge in [-0.05, 0) is 87.5 Å². The van der Waals surface area contributed by atoms with Gasteiger partial charge in [0.1, 0.15) is 0 Å². The van der Waals surface area contributed by atoms with Gasteiger partial charge in [0.15, 0.2) is 0 Å². The molecule has 2 atom stereocenters. The van der Waals surface area contributed by atoms with E-state index >= 15 is 0 Å². The summed E-state index contributed by atoms with van der Waals surface area (Å²) >= 11 is 21.1. The van der Waals surface area contributed by atoms with E-state index in [2.05, 4.69) is 37.0 Å². The van der Waals surface area contributed by atoms with Crippen LogP contribution < -0.4 is 0 Å². The fourth-order valence-corrected chi connectivity index (χ4v) is 6.80.